The van der Waals surface area contributed by atoms with Gasteiger partial charge in [0.2, 0.25) is 0 Å². The topological polar surface area (TPSA) is 70.9 Å². The van der Waals surface area contributed by atoms with Gasteiger partial charge in [0.25, 0.3) is 5.56 Å². The van der Waals surface area contributed by atoms with E-state index in [0.29, 0.717) is 0 Å². The number of hydrogen-bond acceptors (Lipinski definition) is 3. The van der Waals surface area contributed by atoms with Crippen molar-refractivity contribution in [1.82, 2.24) is 10.3 Å². The maximum absolute atomic E-state index is 10.9. The highest BCUT2D eigenvalue weighted by molar-refractivity contribution is 5.53. The van der Waals surface area contributed by atoms with Gasteiger partial charge < -0.3 is 16.0 Å². The molecule has 13 heavy (non-hydrogen) atoms. The standard InChI is InChI=1S/C9H13N3O/c1-11-4-2-3-7-5-8(10)9(13)12-6-7/h2-3,5-6,11H,4,10H2,1H3,(H,12,13). The number of hydrogen-bond donors (Lipinski definition) is 3. The molecule has 0 unspecified atom stereocenters. The zero-order valence-electron chi connectivity index (χ0n) is 7.50. The minimum absolute atomic E-state index is 0.242. The second-order valence-electron chi connectivity index (χ2n) is 2.68. The summed E-state index contributed by atoms with van der Waals surface area (Å²) in [5.74, 6) is 0. The van der Waals surface area contributed by atoms with Crippen LogP contribution in [-0.2, 0) is 0 Å². The van der Waals surface area contributed by atoms with Crippen LogP contribution in [-0.4, -0.2) is 18.6 Å². The van der Waals surface area contributed by atoms with Gasteiger partial charge in [0.05, 0.1) is 5.69 Å². The van der Waals surface area contributed by atoms with Crippen molar-refractivity contribution in [2.24, 2.45) is 0 Å². The minimum atomic E-state index is -0.245. The Kier molecular flexibility index (Phi) is 3.28. The molecule has 0 aliphatic heterocycles. The summed E-state index contributed by atoms with van der Waals surface area (Å²) >= 11 is 0. The molecule has 70 valence electrons. The Hall–Kier alpha value is -1.55. The molecule has 1 aromatic heterocycles. The van der Waals surface area contributed by atoms with Crippen molar-refractivity contribution in [1.29, 1.82) is 0 Å². The van der Waals surface area contributed by atoms with E-state index in [4.69, 9.17) is 5.73 Å². The number of likely N-dealkylation sites (N-methyl/N-ethyl adjacent to an activating group) is 1. The van der Waals surface area contributed by atoms with Crippen LogP contribution in [0.4, 0.5) is 5.69 Å². The predicted molar refractivity (Wildman–Crippen MR) is 54.4 cm³/mol. The van der Waals surface area contributed by atoms with E-state index in [9.17, 15) is 4.79 Å². The molecule has 0 radical (unpaired) electrons. The van der Waals surface area contributed by atoms with Gasteiger partial charge in [-0.25, -0.2) is 0 Å². The van der Waals surface area contributed by atoms with Crippen molar-refractivity contribution in [2.75, 3.05) is 19.3 Å². The fraction of sp³-hybridized carbons (Fsp3) is 0.222. The summed E-state index contributed by atoms with van der Waals surface area (Å²) in [5.41, 5.74) is 6.32. The first-order valence-electron chi connectivity index (χ1n) is 4.03. The maximum atomic E-state index is 10.9. The molecule has 0 atom stereocenters. The molecule has 0 bridgehead atoms. The third kappa shape index (κ3) is 2.76. The molecule has 0 aliphatic rings. The number of anilines is 1. The average Bonchev–Trinajstić information content (AvgIpc) is 2.12. The summed E-state index contributed by atoms with van der Waals surface area (Å²) < 4.78 is 0. The number of H-pyrrole nitrogens is 1. The fourth-order valence-electron chi connectivity index (χ4n) is 0.928. The Bertz CT molecular complexity index is 354. The average molecular weight is 179 g/mol. The van der Waals surface area contributed by atoms with E-state index >= 15 is 0 Å². The SMILES string of the molecule is CNCC=Cc1c[nH]c(=O)c(N)c1. The third-order valence-electron chi connectivity index (χ3n) is 1.59. The third-order valence-corrected chi connectivity index (χ3v) is 1.59. The highest BCUT2D eigenvalue weighted by atomic mass is 16.1. The molecular formula is C9H13N3O. The van der Waals surface area contributed by atoms with Crippen LogP contribution in [0.3, 0.4) is 0 Å². The van der Waals surface area contributed by atoms with Crippen LogP contribution in [0.25, 0.3) is 6.08 Å². The molecule has 1 heterocycles. The van der Waals surface area contributed by atoms with Crippen molar-refractivity contribution in [3.05, 3.63) is 34.3 Å². The van der Waals surface area contributed by atoms with Gasteiger partial charge in [-0.2, -0.15) is 0 Å². The van der Waals surface area contributed by atoms with Gasteiger partial charge in [0.1, 0.15) is 0 Å². The van der Waals surface area contributed by atoms with Crippen LogP contribution in [0.15, 0.2) is 23.1 Å². The lowest BCUT2D eigenvalue weighted by Gasteiger charge is -1.95. The van der Waals surface area contributed by atoms with Crippen LogP contribution in [0, 0.1) is 0 Å². The van der Waals surface area contributed by atoms with E-state index in [0.717, 1.165) is 12.1 Å². The molecule has 0 aliphatic carbocycles. The van der Waals surface area contributed by atoms with Crippen LogP contribution in [0.2, 0.25) is 0 Å². The largest absolute Gasteiger partial charge is 0.394 e. The van der Waals surface area contributed by atoms with E-state index < -0.39 is 0 Å². The monoisotopic (exact) mass is 179 g/mol. The number of rotatable bonds is 3. The zero-order valence-corrected chi connectivity index (χ0v) is 7.50. The molecule has 0 amide bonds. The van der Waals surface area contributed by atoms with Crippen molar-refractivity contribution < 1.29 is 0 Å². The number of aromatic amines is 1. The van der Waals surface area contributed by atoms with Gasteiger partial charge >= 0.3 is 0 Å². The van der Waals surface area contributed by atoms with Gasteiger partial charge in [-0.15, -0.1) is 0 Å². The summed E-state index contributed by atoms with van der Waals surface area (Å²) in [6.07, 6.45) is 5.47. The fourth-order valence-corrected chi connectivity index (χ4v) is 0.928. The van der Waals surface area contributed by atoms with Gasteiger partial charge in [0.15, 0.2) is 0 Å². The van der Waals surface area contributed by atoms with Gasteiger partial charge in [-0.3, -0.25) is 4.79 Å². The Morgan fingerprint density at radius 1 is 1.69 bits per heavy atom. The van der Waals surface area contributed by atoms with Crippen molar-refractivity contribution in [2.45, 2.75) is 0 Å². The predicted octanol–water partition coefficient (Wildman–Crippen LogP) is 0.190. The Balaban J connectivity index is 2.79. The lowest BCUT2D eigenvalue weighted by molar-refractivity contribution is 0.922. The quantitative estimate of drug-likeness (QED) is 0.620. The Morgan fingerprint density at radius 2 is 2.46 bits per heavy atom. The summed E-state index contributed by atoms with van der Waals surface area (Å²) in [4.78, 5) is 13.4. The van der Waals surface area contributed by atoms with E-state index in [1.54, 1.807) is 12.3 Å². The minimum Gasteiger partial charge on any atom is -0.394 e. The lowest BCUT2D eigenvalue weighted by atomic mass is 10.2. The number of nitrogens with two attached hydrogens (primary N) is 1. The molecule has 1 aromatic rings. The Morgan fingerprint density at radius 3 is 3.08 bits per heavy atom. The first kappa shape index (κ1) is 9.54. The summed E-state index contributed by atoms with van der Waals surface area (Å²) in [6, 6.07) is 1.64. The smallest absolute Gasteiger partial charge is 0.271 e. The summed E-state index contributed by atoms with van der Waals surface area (Å²) in [7, 11) is 1.87. The van der Waals surface area contributed by atoms with Crippen LogP contribution in [0.5, 0.6) is 0 Å². The normalized spacial score (nSPS) is 10.8. The maximum Gasteiger partial charge on any atom is 0.271 e. The van der Waals surface area contributed by atoms with Crippen molar-refractivity contribution >= 4 is 11.8 Å². The second kappa shape index (κ2) is 4.47. The first-order chi connectivity index (χ1) is 6.24. The molecule has 0 saturated heterocycles. The summed E-state index contributed by atoms with van der Waals surface area (Å²) in [6.45, 7) is 0.791. The van der Waals surface area contributed by atoms with Gasteiger partial charge in [-0.1, -0.05) is 12.2 Å². The van der Waals surface area contributed by atoms with Gasteiger partial charge in [-0.05, 0) is 18.7 Å². The number of pyridine rings is 1. The number of nitrogens with one attached hydrogen (secondary N) is 2. The van der Waals surface area contributed by atoms with E-state index in [1.807, 2.05) is 19.2 Å². The molecule has 0 aromatic carbocycles. The molecule has 4 nitrogen and oxygen atoms in total. The molecular weight excluding hydrogens is 166 g/mol. The highest BCUT2D eigenvalue weighted by Crippen LogP contribution is 2.01. The molecule has 0 spiro atoms. The number of nitrogen functional groups attached to an aromatic ring is 1. The molecule has 4 heteroatoms. The lowest BCUT2D eigenvalue weighted by Crippen LogP contribution is -2.10. The highest BCUT2D eigenvalue weighted by Gasteiger charge is 1.92. The van der Waals surface area contributed by atoms with Crippen molar-refractivity contribution in [3.63, 3.8) is 0 Å². The van der Waals surface area contributed by atoms with E-state index in [2.05, 4.69) is 10.3 Å². The molecule has 0 fully saturated rings. The van der Waals surface area contributed by atoms with Crippen molar-refractivity contribution in [3.8, 4) is 0 Å². The number of aromatic nitrogens is 1. The molecule has 1 rings (SSSR count). The van der Waals surface area contributed by atoms with Gasteiger partial charge in [0, 0.05) is 12.7 Å². The van der Waals surface area contributed by atoms with E-state index in [1.165, 1.54) is 0 Å². The first-order valence-corrected chi connectivity index (χ1v) is 4.03. The van der Waals surface area contributed by atoms with Crippen LogP contribution >= 0.6 is 0 Å². The van der Waals surface area contributed by atoms with Crippen LogP contribution < -0.4 is 16.6 Å². The van der Waals surface area contributed by atoms with E-state index in [-0.39, 0.29) is 11.2 Å². The molecule has 0 saturated carbocycles. The Labute approximate surface area is 76.5 Å². The summed E-state index contributed by atoms with van der Waals surface area (Å²) in [5, 5.41) is 2.97. The molecule has 4 N–H and O–H groups in total. The van der Waals surface area contributed by atoms with Crippen LogP contribution in [0.1, 0.15) is 5.56 Å². The second-order valence-corrected chi connectivity index (χ2v) is 2.68. The zero-order chi connectivity index (χ0) is 9.68.